The number of benzene rings is 2. The third-order valence-corrected chi connectivity index (χ3v) is 5.40. The first-order valence-corrected chi connectivity index (χ1v) is 11.1. The third-order valence-electron chi connectivity index (χ3n) is 4.85. The molecule has 0 unspecified atom stereocenters. The van der Waals surface area contributed by atoms with Crippen LogP contribution >= 0.6 is 23.2 Å². The van der Waals surface area contributed by atoms with Crippen molar-refractivity contribution in [2.24, 2.45) is 0 Å². The van der Waals surface area contributed by atoms with Gasteiger partial charge in [-0.1, -0.05) is 42.3 Å². The lowest BCUT2D eigenvalue weighted by atomic mass is 10.2. The molecule has 0 saturated carbocycles. The number of anilines is 1. The van der Waals surface area contributed by atoms with Crippen LogP contribution in [0.25, 0.3) is 10.9 Å². The van der Waals surface area contributed by atoms with Crippen LogP contribution in [0.2, 0.25) is 10.0 Å². The van der Waals surface area contributed by atoms with Crippen molar-refractivity contribution in [2.75, 3.05) is 18.4 Å². The third kappa shape index (κ3) is 6.31. The van der Waals surface area contributed by atoms with E-state index in [1.54, 1.807) is 36.4 Å². The Morgan fingerprint density at radius 3 is 2.69 bits per heavy atom. The topological polar surface area (TPSA) is 95.2 Å². The molecule has 2 aromatic carbocycles. The number of amides is 2. The van der Waals surface area contributed by atoms with Gasteiger partial charge < -0.3 is 15.2 Å². The van der Waals surface area contributed by atoms with Crippen LogP contribution in [0.4, 0.5) is 5.69 Å². The van der Waals surface area contributed by atoms with E-state index in [4.69, 9.17) is 23.2 Å². The van der Waals surface area contributed by atoms with Crippen molar-refractivity contribution in [1.82, 2.24) is 14.9 Å². The molecule has 7 nitrogen and oxygen atoms in total. The predicted octanol–water partition coefficient (Wildman–Crippen LogP) is 4.43. The van der Waals surface area contributed by atoms with Crippen LogP contribution in [0.15, 0.2) is 47.3 Å². The van der Waals surface area contributed by atoms with Gasteiger partial charge in [0.25, 0.3) is 5.56 Å². The van der Waals surface area contributed by atoms with Crippen molar-refractivity contribution in [3.8, 4) is 0 Å². The molecular weight excluding hydrogens is 451 g/mol. The average Bonchev–Trinajstić information content (AvgIpc) is 2.75. The van der Waals surface area contributed by atoms with Crippen molar-refractivity contribution in [2.45, 2.75) is 32.6 Å². The number of carbonyl (C=O) groups is 2. The largest absolute Gasteiger partial charge is 0.333 e. The first-order valence-electron chi connectivity index (χ1n) is 10.4. The van der Waals surface area contributed by atoms with Crippen LogP contribution in [0.3, 0.4) is 0 Å². The van der Waals surface area contributed by atoms with Crippen LogP contribution in [0, 0.1) is 0 Å². The van der Waals surface area contributed by atoms with Crippen molar-refractivity contribution in [3.63, 3.8) is 0 Å². The lowest BCUT2D eigenvalue weighted by Gasteiger charge is -2.22. The Morgan fingerprint density at radius 1 is 1.16 bits per heavy atom. The number of hydrogen-bond acceptors (Lipinski definition) is 4. The average molecular weight is 475 g/mol. The first-order chi connectivity index (χ1) is 15.4. The number of aromatic nitrogens is 2. The molecular formula is C23H24Cl2N4O3. The van der Waals surface area contributed by atoms with Gasteiger partial charge in [-0.15, -0.1) is 0 Å². The van der Waals surface area contributed by atoms with Gasteiger partial charge in [-0.05, 0) is 43.2 Å². The summed E-state index contributed by atoms with van der Waals surface area (Å²) in [6.07, 6.45) is 1.93. The fraction of sp³-hybridized carbons (Fsp3) is 0.304. The number of H-pyrrole nitrogens is 1. The second-order valence-electron chi connectivity index (χ2n) is 7.37. The van der Waals surface area contributed by atoms with Gasteiger partial charge in [0.1, 0.15) is 5.82 Å². The van der Waals surface area contributed by atoms with E-state index in [0.29, 0.717) is 51.8 Å². The van der Waals surface area contributed by atoms with Crippen molar-refractivity contribution >= 4 is 51.6 Å². The maximum atomic E-state index is 12.7. The highest BCUT2D eigenvalue weighted by Gasteiger charge is 2.17. The summed E-state index contributed by atoms with van der Waals surface area (Å²) in [5, 5.41) is 4.05. The fourth-order valence-electron chi connectivity index (χ4n) is 3.33. The Labute approximate surface area is 195 Å². The maximum absolute atomic E-state index is 12.7. The fourth-order valence-corrected chi connectivity index (χ4v) is 3.79. The van der Waals surface area contributed by atoms with Crippen molar-refractivity contribution < 1.29 is 9.59 Å². The molecule has 0 aliphatic rings. The van der Waals surface area contributed by atoms with E-state index in [-0.39, 0.29) is 30.3 Å². The minimum absolute atomic E-state index is 0.0727. The standard InChI is InChI=1S/C23H24Cl2N4O3/c1-2-12-29(14-21(30)27-19-11-10-15(24)13-17(19)25)22(31)9-5-8-20-26-18-7-4-3-6-16(18)23(32)28-20/h3-4,6-7,10-11,13H,2,5,8-9,12,14H2,1H3,(H,27,30)(H,26,28,32). The lowest BCUT2D eigenvalue weighted by Crippen LogP contribution is -2.38. The molecule has 1 heterocycles. The summed E-state index contributed by atoms with van der Waals surface area (Å²) in [7, 11) is 0. The summed E-state index contributed by atoms with van der Waals surface area (Å²) in [5.74, 6) is 0.0718. The summed E-state index contributed by atoms with van der Waals surface area (Å²) in [6.45, 7) is 2.33. The molecule has 3 aromatic rings. The molecule has 0 aliphatic carbocycles. The van der Waals surface area contributed by atoms with Crippen molar-refractivity contribution in [1.29, 1.82) is 0 Å². The summed E-state index contributed by atoms with van der Waals surface area (Å²) >= 11 is 12.0. The van der Waals surface area contributed by atoms with Crippen LogP contribution in [-0.2, 0) is 16.0 Å². The Balaban J connectivity index is 1.56. The highest BCUT2D eigenvalue weighted by Crippen LogP contribution is 2.25. The smallest absolute Gasteiger partial charge is 0.258 e. The van der Waals surface area contributed by atoms with Gasteiger partial charge in [-0.3, -0.25) is 14.4 Å². The van der Waals surface area contributed by atoms with Gasteiger partial charge in [0.15, 0.2) is 0 Å². The molecule has 0 saturated heterocycles. The number of aromatic amines is 1. The zero-order valence-electron chi connectivity index (χ0n) is 17.7. The van der Waals surface area contributed by atoms with Gasteiger partial charge in [0.05, 0.1) is 28.2 Å². The second kappa shape index (κ2) is 11.1. The van der Waals surface area contributed by atoms with Crippen LogP contribution in [0.1, 0.15) is 32.0 Å². The van der Waals surface area contributed by atoms with Gasteiger partial charge >= 0.3 is 0 Å². The van der Waals surface area contributed by atoms with Crippen LogP contribution < -0.4 is 10.9 Å². The predicted molar refractivity (Wildman–Crippen MR) is 127 cm³/mol. The zero-order chi connectivity index (χ0) is 23.1. The minimum Gasteiger partial charge on any atom is -0.333 e. The number of para-hydroxylation sites is 1. The number of halogens is 2. The van der Waals surface area contributed by atoms with Crippen LogP contribution in [-0.4, -0.2) is 39.8 Å². The highest BCUT2D eigenvalue weighted by molar-refractivity contribution is 6.36. The molecule has 0 radical (unpaired) electrons. The van der Waals surface area contributed by atoms with Gasteiger partial charge in [0.2, 0.25) is 11.8 Å². The number of nitrogens with zero attached hydrogens (tertiary/aromatic N) is 2. The number of nitrogens with one attached hydrogen (secondary N) is 2. The molecule has 0 bridgehead atoms. The Hall–Kier alpha value is -2.90. The second-order valence-corrected chi connectivity index (χ2v) is 8.21. The van der Waals surface area contributed by atoms with E-state index in [0.717, 1.165) is 6.42 Å². The first kappa shape index (κ1) is 23.8. The normalized spacial score (nSPS) is 10.8. The van der Waals surface area contributed by atoms with Gasteiger partial charge in [-0.2, -0.15) is 0 Å². The van der Waals surface area contributed by atoms with Crippen molar-refractivity contribution in [3.05, 3.63) is 68.7 Å². The molecule has 9 heteroatoms. The summed E-state index contributed by atoms with van der Waals surface area (Å²) in [5.41, 5.74) is 0.876. The van der Waals surface area contributed by atoms with E-state index < -0.39 is 0 Å². The van der Waals surface area contributed by atoms with E-state index in [9.17, 15) is 14.4 Å². The van der Waals surface area contributed by atoms with E-state index in [2.05, 4.69) is 15.3 Å². The lowest BCUT2D eigenvalue weighted by molar-refractivity contribution is -0.134. The molecule has 0 fully saturated rings. The molecule has 32 heavy (non-hydrogen) atoms. The number of rotatable bonds is 9. The van der Waals surface area contributed by atoms with E-state index in [1.165, 1.54) is 4.90 Å². The molecule has 0 atom stereocenters. The Kier molecular flexibility index (Phi) is 8.25. The SMILES string of the molecule is CCCN(CC(=O)Nc1ccc(Cl)cc1Cl)C(=O)CCCc1nc2ccccc2c(=O)[nH]1. The van der Waals surface area contributed by atoms with E-state index in [1.807, 2.05) is 13.0 Å². The number of fused-ring (bicyclic) bond motifs is 1. The summed E-state index contributed by atoms with van der Waals surface area (Å²) in [4.78, 5) is 46.1. The number of hydrogen-bond donors (Lipinski definition) is 2. The number of carbonyl (C=O) groups excluding carboxylic acids is 2. The zero-order valence-corrected chi connectivity index (χ0v) is 19.2. The summed E-state index contributed by atoms with van der Waals surface area (Å²) in [6, 6.07) is 11.9. The maximum Gasteiger partial charge on any atom is 0.258 e. The molecule has 2 N–H and O–H groups in total. The Bertz CT molecular complexity index is 1180. The van der Waals surface area contributed by atoms with Crippen LogP contribution in [0.5, 0.6) is 0 Å². The van der Waals surface area contributed by atoms with Gasteiger partial charge in [0, 0.05) is 24.4 Å². The molecule has 1 aromatic heterocycles. The van der Waals surface area contributed by atoms with Gasteiger partial charge in [-0.25, -0.2) is 4.98 Å². The molecule has 168 valence electrons. The molecule has 2 amide bonds. The van der Waals surface area contributed by atoms with E-state index >= 15 is 0 Å². The summed E-state index contributed by atoms with van der Waals surface area (Å²) < 4.78 is 0. The molecule has 3 rings (SSSR count). The molecule has 0 spiro atoms. The quantitative estimate of drug-likeness (QED) is 0.479. The highest BCUT2D eigenvalue weighted by atomic mass is 35.5. The Morgan fingerprint density at radius 2 is 1.94 bits per heavy atom. The molecule has 0 aliphatic heterocycles. The minimum atomic E-state index is -0.337. The number of aryl methyl sites for hydroxylation is 1. The monoisotopic (exact) mass is 474 g/mol.